The van der Waals surface area contributed by atoms with E-state index in [0.29, 0.717) is 4.47 Å². The van der Waals surface area contributed by atoms with Crippen molar-refractivity contribution in [2.45, 2.75) is 4.90 Å². The molecule has 0 aliphatic heterocycles. The molecule has 0 fully saturated rings. The van der Waals surface area contributed by atoms with Crippen LogP contribution in [0, 0.1) is 3.57 Å². The quantitative estimate of drug-likeness (QED) is 0.612. The summed E-state index contributed by atoms with van der Waals surface area (Å²) in [7, 11) is -4.49. The lowest BCUT2D eigenvalue weighted by Crippen LogP contribution is -2.01. The highest BCUT2D eigenvalue weighted by Gasteiger charge is 2.18. The molecule has 1 N–H and O–H groups in total. The Hall–Kier alpha value is -0.0600. The topological polar surface area (TPSA) is 88.5 Å². The van der Waals surface area contributed by atoms with E-state index < -0.39 is 34.8 Å². The van der Waals surface area contributed by atoms with Crippen molar-refractivity contribution < 1.29 is 19.1 Å². The van der Waals surface area contributed by atoms with Gasteiger partial charge >= 0.3 is 19.8 Å². The number of rotatable bonds is 2. The van der Waals surface area contributed by atoms with E-state index in [4.69, 9.17) is 4.55 Å². The molecular weight excluding hydrogens is 391 g/mol. The van der Waals surface area contributed by atoms with Gasteiger partial charge in [-0.25, -0.2) is 6.14 Å². The van der Waals surface area contributed by atoms with Crippen LogP contribution in [0.1, 0.15) is 0 Å². The maximum absolute atomic E-state index is 10.8. The molecule has 0 aliphatic rings. The van der Waals surface area contributed by atoms with E-state index in [2.05, 4.69) is 15.9 Å². The zero-order chi connectivity index (χ0) is 10.9. The minimum atomic E-state index is -4.49. The van der Waals surface area contributed by atoms with Crippen molar-refractivity contribution >= 4 is 45.8 Å². The van der Waals surface area contributed by atoms with E-state index in [0.717, 1.165) is 12.1 Å². The molecule has 1 aromatic rings. The molecule has 0 unspecified atom stereocenters. The number of hydrogen-bond donors (Lipinski definition) is 1. The normalized spacial score (nSPS) is 11.9. The average Bonchev–Trinajstić information content (AvgIpc) is 2.01. The van der Waals surface area contributed by atoms with E-state index >= 15 is 0 Å². The van der Waals surface area contributed by atoms with Crippen molar-refractivity contribution in [3.8, 4) is 0 Å². The Morgan fingerprint density at radius 1 is 1.29 bits per heavy atom. The van der Waals surface area contributed by atoms with E-state index in [9.17, 15) is 14.6 Å². The molecule has 0 amide bonds. The first-order valence-corrected chi connectivity index (χ1v) is 8.22. The fraction of sp³-hybridized carbons (Fsp3) is 0. The van der Waals surface area contributed by atoms with Gasteiger partial charge in [-0.1, -0.05) is 15.9 Å². The highest BCUT2D eigenvalue weighted by Crippen LogP contribution is 2.27. The molecule has 1 rings (SSSR count). The van der Waals surface area contributed by atoms with Crippen LogP contribution in [0.3, 0.4) is 0 Å². The second-order valence-corrected chi connectivity index (χ2v) is 6.98. The summed E-state index contributed by atoms with van der Waals surface area (Å²) in [4.78, 5) is -0.581. The van der Waals surface area contributed by atoms with Crippen molar-refractivity contribution in [1.29, 1.82) is 0 Å². The van der Waals surface area contributed by atoms with Gasteiger partial charge in [-0.05, 0) is 18.2 Å². The van der Waals surface area contributed by atoms with Gasteiger partial charge in [0.15, 0.2) is 0 Å². The lowest BCUT2D eigenvalue weighted by molar-refractivity contribution is 0.482. The lowest BCUT2D eigenvalue weighted by Gasteiger charge is -1.99. The third-order valence-electron chi connectivity index (χ3n) is 1.34. The van der Waals surface area contributed by atoms with Crippen LogP contribution in [-0.2, 0) is 16.3 Å². The maximum Gasteiger partial charge on any atom is 0.342 e. The molecule has 0 bridgehead atoms. The fourth-order valence-corrected chi connectivity index (χ4v) is 4.23. The van der Waals surface area contributed by atoms with Crippen LogP contribution in [0.5, 0.6) is 0 Å². The van der Waals surface area contributed by atoms with Crippen molar-refractivity contribution in [2.24, 2.45) is 0 Å². The van der Waals surface area contributed by atoms with Crippen molar-refractivity contribution in [2.75, 3.05) is 0 Å². The summed E-state index contributed by atoms with van der Waals surface area (Å²) >= 11 is -0.940. The Morgan fingerprint density at radius 3 is 2.29 bits per heavy atom. The smallest absolute Gasteiger partial charge is 0.282 e. The van der Waals surface area contributed by atoms with Crippen LogP contribution >= 0.6 is 35.7 Å². The first kappa shape index (κ1) is 12.0. The molecule has 78 valence electrons. The van der Waals surface area contributed by atoms with Gasteiger partial charge in [0.1, 0.15) is 4.90 Å². The van der Waals surface area contributed by atoms with Gasteiger partial charge < -0.3 is 0 Å². The summed E-state index contributed by atoms with van der Waals surface area (Å²) in [6, 6.07) is 3.58. The number of hydrogen-bond acceptors (Lipinski definition) is 4. The minimum Gasteiger partial charge on any atom is -0.282 e. The number of benzene rings is 1. The van der Waals surface area contributed by atoms with Gasteiger partial charge in [-0.2, -0.15) is 8.42 Å². The first-order chi connectivity index (χ1) is 6.32. The Labute approximate surface area is 95.5 Å². The van der Waals surface area contributed by atoms with Crippen LogP contribution in [0.2, 0.25) is 0 Å². The van der Waals surface area contributed by atoms with Crippen LogP contribution in [0.15, 0.2) is 27.6 Å². The Balaban J connectivity index is 3.62. The molecule has 14 heavy (non-hydrogen) atoms. The number of halogens is 2. The van der Waals surface area contributed by atoms with Crippen molar-refractivity contribution in [3.63, 3.8) is 0 Å². The molecule has 0 atom stereocenters. The molecule has 8 heteroatoms. The summed E-state index contributed by atoms with van der Waals surface area (Å²) in [6.07, 6.45) is 0. The van der Waals surface area contributed by atoms with Crippen LogP contribution < -0.4 is 0 Å². The molecule has 0 saturated heterocycles. The molecule has 0 aliphatic carbocycles. The highest BCUT2D eigenvalue weighted by molar-refractivity contribution is 14.2. The molecule has 1 aromatic carbocycles. The van der Waals surface area contributed by atoms with E-state index in [1.165, 1.54) is 6.07 Å². The molecule has 5 nitrogen and oxygen atoms in total. The Morgan fingerprint density at radius 2 is 1.86 bits per heavy atom. The van der Waals surface area contributed by atoms with Gasteiger partial charge in [0, 0.05) is 4.47 Å². The second kappa shape index (κ2) is 4.21. The lowest BCUT2D eigenvalue weighted by atomic mass is 10.4. The third-order valence-corrected chi connectivity index (χ3v) is 4.98. The maximum atomic E-state index is 10.8. The van der Waals surface area contributed by atoms with Gasteiger partial charge in [0.2, 0.25) is 0 Å². The molecule has 0 radical (unpaired) electrons. The second-order valence-electron chi connectivity index (χ2n) is 2.27. The van der Waals surface area contributed by atoms with Gasteiger partial charge in [-0.3, -0.25) is 4.55 Å². The zero-order valence-corrected chi connectivity index (χ0v) is 11.0. The Kier molecular flexibility index (Phi) is 3.61. The summed E-state index contributed by atoms with van der Waals surface area (Å²) in [5.41, 5.74) is 0. The summed E-state index contributed by atoms with van der Waals surface area (Å²) in [5.74, 6) is 0. The summed E-state index contributed by atoms with van der Waals surface area (Å²) < 4.78 is 51.8. The van der Waals surface area contributed by atoms with Gasteiger partial charge in [0.05, 0.1) is 3.57 Å². The van der Waals surface area contributed by atoms with Crippen molar-refractivity contribution in [3.05, 3.63) is 26.2 Å². The van der Waals surface area contributed by atoms with Crippen LogP contribution in [0.25, 0.3) is 0 Å². The average molecular weight is 395 g/mol. The molecule has 0 aromatic heterocycles. The van der Waals surface area contributed by atoms with Crippen LogP contribution in [-0.4, -0.2) is 13.0 Å². The minimum absolute atomic E-state index is 0.333. The fourth-order valence-electron chi connectivity index (χ4n) is 0.802. The van der Waals surface area contributed by atoms with Crippen LogP contribution in [0.4, 0.5) is 0 Å². The molecule has 0 spiro atoms. The SMILES string of the molecule is O=I(=O)c1ccc(Br)cc1S(=O)(=O)O. The summed E-state index contributed by atoms with van der Waals surface area (Å²) in [5, 5.41) is 0. The summed E-state index contributed by atoms with van der Waals surface area (Å²) in [6.45, 7) is 0. The molecular formula is C6H4BrIO5S. The third kappa shape index (κ3) is 2.72. The van der Waals surface area contributed by atoms with Crippen molar-refractivity contribution in [1.82, 2.24) is 0 Å². The van der Waals surface area contributed by atoms with Gasteiger partial charge in [0.25, 0.3) is 10.1 Å². The zero-order valence-electron chi connectivity index (χ0n) is 6.48. The van der Waals surface area contributed by atoms with E-state index in [-0.39, 0.29) is 3.57 Å². The highest BCUT2D eigenvalue weighted by atomic mass is 127. The largest absolute Gasteiger partial charge is 0.342 e. The molecule has 0 heterocycles. The Bertz CT molecular complexity index is 525. The standard InChI is InChI=1S/C6H4BrIO5S/c7-4-1-2-5(8(9)10)6(3-4)14(11,12)13/h1-3H,(H,11,12,13). The predicted molar refractivity (Wildman–Crippen MR) is 58.0 cm³/mol. The van der Waals surface area contributed by atoms with E-state index in [1.54, 1.807) is 0 Å². The molecule has 0 saturated carbocycles. The predicted octanol–water partition coefficient (Wildman–Crippen LogP) is 2.06. The van der Waals surface area contributed by atoms with E-state index in [1.807, 2.05) is 0 Å². The first-order valence-electron chi connectivity index (χ1n) is 3.14. The van der Waals surface area contributed by atoms with Gasteiger partial charge in [-0.15, -0.1) is 0 Å². The monoisotopic (exact) mass is 394 g/mol.